The van der Waals surface area contributed by atoms with Gasteiger partial charge < -0.3 is 15.0 Å². The fourth-order valence-electron chi connectivity index (χ4n) is 2.90. The van der Waals surface area contributed by atoms with Crippen molar-refractivity contribution in [3.05, 3.63) is 52.4 Å². The third-order valence-corrected chi connectivity index (χ3v) is 5.56. The summed E-state index contributed by atoms with van der Waals surface area (Å²) < 4.78 is 4.74. The van der Waals surface area contributed by atoms with Crippen molar-refractivity contribution in [1.29, 1.82) is 0 Å². The fraction of sp³-hybridized carbons (Fsp3) is 0.409. The molecule has 6 nitrogen and oxygen atoms in total. The predicted molar refractivity (Wildman–Crippen MR) is 116 cm³/mol. The van der Waals surface area contributed by atoms with Gasteiger partial charge in [0.1, 0.15) is 5.00 Å². The highest BCUT2D eigenvalue weighted by Gasteiger charge is 2.24. The summed E-state index contributed by atoms with van der Waals surface area (Å²) in [5, 5.41) is 5.11. The summed E-state index contributed by atoms with van der Waals surface area (Å²) in [6, 6.07) is 9.14. The Hall–Kier alpha value is -2.67. The molecule has 7 heteroatoms. The number of nitrogens with zero attached hydrogens (tertiary/aromatic N) is 1. The minimum absolute atomic E-state index is 0.227. The summed E-state index contributed by atoms with van der Waals surface area (Å²) >= 11 is 1.30. The van der Waals surface area contributed by atoms with Gasteiger partial charge in [-0.1, -0.05) is 32.9 Å². The molecular weight excluding hydrogens is 388 g/mol. The van der Waals surface area contributed by atoms with Crippen LogP contribution in [0, 0.1) is 5.92 Å². The number of rotatable bonds is 8. The second kappa shape index (κ2) is 10.2. The topological polar surface area (TPSA) is 75.7 Å². The van der Waals surface area contributed by atoms with Crippen LogP contribution in [-0.4, -0.2) is 42.9 Å². The molecule has 1 heterocycles. The molecule has 2 rings (SSSR count). The van der Waals surface area contributed by atoms with Gasteiger partial charge in [-0.3, -0.25) is 14.4 Å². The van der Waals surface area contributed by atoms with Crippen LogP contribution in [0.15, 0.2) is 35.7 Å². The van der Waals surface area contributed by atoms with Crippen LogP contribution in [-0.2, 0) is 9.53 Å². The molecule has 1 aromatic carbocycles. The van der Waals surface area contributed by atoms with Gasteiger partial charge in [-0.25, -0.2) is 0 Å². The molecule has 0 bridgehead atoms. The zero-order chi connectivity index (χ0) is 21.6. The zero-order valence-corrected chi connectivity index (χ0v) is 18.3. The van der Waals surface area contributed by atoms with Crippen molar-refractivity contribution in [2.45, 2.75) is 33.6 Å². The maximum absolute atomic E-state index is 13.0. The molecule has 0 saturated heterocycles. The number of hydrogen-bond acceptors (Lipinski definition) is 5. The van der Waals surface area contributed by atoms with Gasteiger partial charge in [-0.05, 0) is 42.0 Å². The summed E-state index contributed by atoms with van der Waals surface area (Å²) in [6.45, 7) is 8.46. The summed E-state index contributed by atoms with van der Waals surface area (Å²) in [6.07, 6.45) is 0. The number of benzene rings is 1. The fourth-order valence-corrected chi connectivity index (χ4v) is 3.68. The van der Waals surface area contributed by atoms with E-state index in [1.54, 1.807) is 35.4 Å². The van der Waals surface area contributed by atoms with Crippen LogP contribution in [0.1, 0.15) is 59.9 Å². The molecular formula is C22H28N2O4S. The number of amides is 2. The number of ether oxygens (including phenoxy) is 1. The van der Waals surface area contributed by atoms with E-state index in [2.05, 4.69) is 19.2 Å². The molecule has 1 unspecified atom stereocenters. The predicted octanol–water partition coefficient (Wildman–Crippen LogP) is 4.40. The van der Waals surface area contributed by atoms with Crippen molar-refractivity contribution in [3.63, 3.8) is 0 Å². The van der Waals surface area contributed by atoms with E-state index in [1.807, 2.05) is 19.1 Å². The highest BCUT2D eigenvalue weighted by molar-refractivity contribution is 7.14. The molecule has 1 aromatic heterocycles. The van der Waals surface area contributed by atoms with Gasteiger partial charge >= 0.3 is 5.97 Å². The lowest BCUT2D eigenvalue weighted by atomic mass is 10.0. The van der Waals surface area contributed by atoms with E-state index in [0.717, 1.165) is 5.56 Å². The van der Waals surface area contributed by atoms with Crippen LogP contribution in [0.4, 0.5) is 5.00 Å². The molecule has 0 fully saturated rings. The minimum Gasteiger partial charge on any atom is -0.469 e. The van der Waals surface area contributed by atoms with Crippen molar-refractivity contribution >= 4 is 34.1 Å². The van der Waals surface area contributed by atoms with Crippen LogP contribution in [0.5, 0.6) is 0 Å². The molecule has 29 heavy (non-hydrogen) atoms. The van der Waals surface area contributed by atoms with Crippen molar-refractivity contribution in [2.75, 3.05) is 25.5 Å². The molecule has 2 aromatic rings. The van der Waals surface area contributed by atoms with Gasteiger partial charge in [-0.2, -0.15) is 0 Å². The Balaban J connectivity index is 2.13. The molecule has 0 aliphatic rings. The molecule has 2 amide bonds. The number of hydrogen-bond donors (Lipinski definition) is 1. The second-order valence-corrected chi connectivity index (χ2v) is 8.08. The molecule has 1 N–H and O–H groups in total. The first-order chi connectivity index (χ1) is 13.8. The largest absolute Gasteiger partial charge is 0.469 e. The number of thiophene rings is 1. The van der Waals surface area contributed by atoms with Gasteiger partial charge in [0, 0.05) is 18.7 Å². The van der Waals surface area contributed by atoms with Gasteiger partial charge in [0.2, 0.25) is 0 Å². The summed E-state index contributed by atoms with van der Waals surface area (Å²) in [7, 11) is 1.33. The number of esters is 1. The third-order valence-electron chi connectivity index (χ3n) is 4.73. The van der Waals surface area contributed by atoms with Gasteiger partial charge in [0.25, 0.3) is 11.8 Å². The van der Waals surface area contributed by atoms with Crippen LogP contribution < -0.4 is 5.32 Å². The van der Waals surface area contributed by atoms with Gasteiger partial charge in [0.15, 0.2) is 0 Å². The molecule has 0 aliphatic carbocycles. The van der Waals surface area contributed by atoms with Crippen molar-refractivity contribution in [1.82, 2.24) is 4.90 Å². The number of methoxy groups -OCH3 is 1. The van der Waals surface area contributed by atoms with E-state index in [1.165, 1.54) is 18.4 Å². The summed E-state index contributed by atoms with van der Waals surface area (Å²) in [4.78, 5) is 38.9. The first-order valence-electron chi connectivity index (χ1n) is 9.64. The first kappa shape index (κ1) is 22.6. The Bertz CT molecular complexity index is 858. The van der Waals surface area contributed by atoms with Crippen LogP contribution >= 0.6 is 11.3 Å². The standard InChI is InChI=1S/C22H28N2O4S/c1-6-24(13-15(4)22(27)28-5)21(26)18-11-12-29-20(18)23-19(25)17-9-7-16(8-10-17)14(2)3/h7-12,14-15H,6,13H2,1-5H3,(H,23,25). The number of carbonyl (C=O) groups is 3. The van der Waals surface area contributed by atoms with E-state index in [-0.39, 0.29) is 24.3 Å². The normalized spacial score (nSPS) is 11.8. The highest BCUT2D eigenvalue weighted by atomic mass is 32.1. The molecule has 1 atom stereocenters. The molecule has 0 radical (unpaired) electrons. The van der Waals surface area contributed by atoms with E-state index < -0.39 is 5.92 Å². The maximum atomic E-state index is 13.0. The Morgan fingerprint density at radius 1 is 1.10 bits per heavy atom. The number of nitrogens with one attached hydrogen (secondary N) is 1. The van der Waals surface area contributed by atoms with Crippen molar-refractivity contribution in [3.8, 4) is 0 Å². The Morgan fingerprint density at radius 3 is 2.31 bits per heavy atom. The highest BCUT2D eigenvalue weighted by Crippen LogP contribution is 2.26. The zero-order valence-electron chi connectivity index (χ0n) is 17.5. The van der Waals surface area contributed by atoms with E-state index in [9.17, 15) is 14.4 Å². The molecule has 0 aliphatic heterocycles. The summed E-state index contributed by atoms with van der Waals surface area (Å²) in [5.41, 5.74) is 2.11. The lowest BCUT2D eigenvalue weighted by molar-refractivity contribution is -0.145. The Labute approximate surface area is 175 Å². The average Bonchev–Trinajstić information content (AvgIpc) is 3.18. The SMILES string of the molecule is CCN(CC(C)C(=O)OC)C(=O)c1ccsc1NC(=O)c1ccc(C(C)C)cc1. The first-order valence-corrected chi connectivity index (χ1v) is 10.5. The lowest BCUT2D eigenvalue weighted by Crippen LogP contribution is -2.37. The molecule has 156 valence electrons. The monoisotopic (exact) mass is 416 g/mol. The minimum atomic E-state index is -0.431. The lowest BCUT2D eigenvalue weighted by Gasteiger charge is -2.23. The third kappa shape index (κ3) is 5.67. The summed E-state index contributed by atoms with van der Waals surface area (Å²) in [5.74, 6) is -0.890. The van der Waals surface area contributed by atoms with Crippen LogP contribution in [0.3, 0.4) is 0 Å². The van der Waals surface area contributed by atoms with E-state index in [4.69, 9.17) is 4.74 Å². The van der Waals surface area contributed by atoms with Crippen LogP contribution in [0.2, 0.25) is 0 Å². The van der Waals surface area contributed by atoms with Crippen molar-refractivity contribution in [2.24, 2.45) is 5.92 Å². The number of carbonyl (C=O) groups excluding carboxylic acids is 3. The Morgan fingerprint density at radius 2 is 1.76 bits per heavy atom. The van der Waals surface area contributed by atoms with Crippen LogP contribution in [0.25, 0.3) is 0 Å². The van der Waals surface area contributed by atoms with Crippen molar-refractivity contribution < 1.29 is 19.1 Å². The number of anilines is 1. The second-order valence-electron chi connectivity index (χ2n) is 7.16. The molecule has 0 spiro atoms. The quantitative estimate of drug-likeness (QED) is 0.648. The molecule has 0 saturated carbocycles. The van der Waals surface area contributed by atoms with Gasteiger partial charge in [-0.15, -0.1) is 11.3 Å². The van der Waals surface area contributed by atoms with E-state index >= 15 is 0 Å². The Kier molecular flexibility index (Phi) is 7.96. The van der Waals surface area contributed by atoms with E-state index in [0.29, 0.717) is 28.6 Å². The smallest absolute Gasteiger partial charge is 0.310 e. The van der Waals surface area contributed by atoms with Gasteiger partial charge in [0.05, 0.1) is 18.6 Å². The average molecular weight is 417 g/mol. The maximum Gasteiger partial charge on any atom is 0.310 e.